The number of carbonyl (C=O) groups excluding carboxylic acids is 2. The lowest BCUT2D eigenvalue weighted by atomic mass is 10.1. The molecule has 0 fully saturated rings. The molecule has 0 N–H and O–H groups in total. The first-order chi connectivity index (χ1) is 9.75. The number of hydrogen-bond donors (Lipinski definition) is 0. The van der Waals surface area contributed by atoms with Crippen molar-refractivity contribution in [2.24, 2.45) is 0 Å². The molecule has 3 heterocycles. The van der Waals surface area contributed by atoms with Gasteiger partial charge in [0.2, 0.25) is 0 Å². The van der Waals surface area contributed by atoms with Crippen LogP contribution in [0.15, 0.2) is 55.0 Å². The molecule has 0 aliphatic carbocycles. The SMILES string of the molecule is O=C(CC(=O)c1cnn2ccccc12)c1ccccn1. The zero-order chi connectivity index (χ0) is 13.9. The third-order valence-electron chi connectivity index (χ3n) is 3.00. The first-order valence-corrected chi connectivity index (χ1v) is 6.15. The first-order valence-electron chi connectivity index (χ1n) is 6.15. The number of pyridine rings is 2. The third-order valence-corrected chi connectivity index (χ3v) is 3.00. The molecule has 20 heavy (non-hydrogen) atoms. The van der Waals surface area contributed by atoms with Gasteiger partial charge in [-0.3, -0.25) is 14.6 Å². The van der Waals surface area contributed by atoms with Gasteiger partial charge in [-0.15, -0.1) is 0 Å². The van der Waals surface area contributed by atoms with Gasteiger partial charge in [0.25, 0.3) is 0 Å². The summed E-state index contributed by atoms with van der Waals surface area (Å²) in [5.41, 5.74) is 1.46. The van der Waals surface area contributed by atoms with E-state index in [0.717, 1.165) is 0 Å². The van der Waals surface area contributed by atoms with Gasteiger partial charge in [-0.05, 0) is 24.3 Å². The molecule has 0 atom stereocenters. The molecule has 3 aromatic heterocycles. The molecule has 0 amide bonds. The molecule has 5 heteroatoms. The van der Waals surface area contributed by atoms with Gasteiger partial charge in [-0.1, -0.05) is 12.1 Å². The number of hydrogen-bond acceptors (Lipinski definition) is 4. The maximum Gasteiger partial charge on any atom is 0.188 e. The quantitative estimate of drug-likeness (QED) is 0.535. The molecule has 0 bridgehead atoms. The first kappa shape index (κ1) is 12.2. The number of carbonyl (C=O) groups is 2. The minimum atomic E-state index is -0.286. The van der Waals surface area contributed by atoms with E-state index in [9.17, 15) is 9.59 Å². The molecule has 0 aliphatic heterocycles. The van der Waals surface area contributed by atoms with Crippen LogP contribution in [0, 0.1) is 0 Å². The van der Waals surface area contributed by atoms with Crippen molar-refractivity contribution in [2.75, 3.05) is 0 Å². The highest BCUT2D eigenvalue weighted by Crippen LogP contribution is 2.13. The van der Waals surface area contributed by atoms with E-state index in [4.69, 9.17) is 0 Å². The van der Waals surface area contributed by atoms with Gasteiger partial charge < -0.3 is 0 Å². The van der Waals surface area contributed by atoms with E-state index in [2.05, 4.69) is 10.1 Å². The Morgan fingerprint density at radius 2 is 1.90 bits per heavy atom. The Bertz CT molecular complexity index is 778. The van der Waals surface area contributed by atoms with Crippen LogP contribution in [0.4, 0.5) is 0 Å². The fraction of sp³-hybridized carbons (Fsp3) is 0.0667. The Labute approximate surface area is 114 Å². The highest BCUT2D eigenvalue weighted by Gasteiger charge is 2.17. The predicted molar refractivity (Wildman–Crippen MR) is 72.7 cm³/mol. The van der Waals surface area contributed by atoms with Crippen LogP contribution in [0.5, 0.6) is 0 Å². The lowest BCUT2D eigenvalue weighted by molar-refractivity contribution is 0.0892. The smallest absolute Gasteiger partial charge is 0.188 e. The molecule has 0 aliphatic rings. The number of aromatic nitrogens is 3. The molecule has 0 spiro atoms. The van der Waals surface area contributed by atoms with Gasteiger partial charge in [0.05, 0.1) is 23.7 Å². The Kier molecular flexibility index (Phi) is 3.09. The summed E-state index contributed by atoms with van der Waals surface area (Å²) in [6.45, 7) is 0. The third kappa shape index (κ3) is 2.21. The van der Waals surface area contributed by atoms with Crippen LogP contribution in [0.25, 0.3) is 5.52 Å². The number of fused-ring (bicyclic) bond motifs is 1. The molecule has 98 valence electrons. The van der Waals surface area contributed by atoms with E-state index >= 15 is 0 Å². The Morgan fingerprint density at radius 3 is 2.70 bits per heavy atom. The molecule has 0 saturated heterocycles. The molecule has 0 saturated carbocycles. The van der Waals surface area contributed by atoms with E-state index in [1.807, 2.05) is 12.1 Å². The summed E-state index contributed by atoms with van der Waals surface area (Å²) in [5, 5.41) is 4.09. The van der Waals surface area contributed by atoms with Gasteiger partial charge in [0.15, 0.2) is 11.6 Å². The number of rotatable bonds is 4. The molecule has 3 aromatic rings. The van der Waals surface area contributed by atoms with Gasteiger partial charge >= 0.3 is 0 Å². The number of ketones is 2. The molecule has 0 radical (unpaired) electrons. The van der Waals surface area contributed by atoms with Crippen LogP contribution in [0.2, 0.25) is 0 Å². The predicted octanol–water partition coefficient (Wildman–Crippen LogP) is 2.18. The maximum absolute atomic E-state index is 12.2. The molecule has 5 nitrogen and oxygen atoms in total. The average molecular weight is 265 g/mol. The van der Waals surface area contributed by atoms with E-state index in [0.29, 0.717) is 16.8 Å². The normalized spacial score (nSPS) is 10.6. The van der Waals surface area contributed by atoms with Crippen molar-refractivity contribution in [3.63, 3.8) is 0 Å². The zero-order valence-electron chi connectivity index (χ0n) is 10.6. The number of Topliss-reactive ketones (excluding diaryl/α,β-unsaturated/α-hetero) is 2. The summed E-state index contributed by atoms with van der Waals surface area (Å²) in [6, 6.07) is 10.5. The summed E-state index contributed by atoms with van der Waals surface area (Å²) in [4.78, 5) is 28.1. The monoisotopic (exact) mass is 265 g/mol. The van der Waals surface area contributed by atoms with Crippen LogP contribution < -0.4 is 0 Å². The molecular formula is C15H11N3O2. The highest BCUT2D eigenvalue weighted by atomic mass is 16.1. The minimum Gasteiger partial charge on any atom is -0.294 e. The minimum absolute atomic E-state index is 0.201. The van der Waals surface area contributed by atoms with Crippen LogP contribution in [-0.2, 0) is 0 Å². The van der Waals surface area contributed by atoms with Crippen molar-refractivity contribution in [2.45, 2.75) is 6.42 Å². The van der Waals surface area contributed by atoms with Gasteiger partial charge in [0.1, 0.15) is 5.69 Å². The van der Waals surface area contributed by atoms with Crippen molar-refractivity contribution >= 4 is 17.1 Å². The summed E-state index contributed by atoms with van der Waals surface area (Å²) >= 11 is 0. The Balaban J connectivity index is 1.85. The Morgan fingerprint density at radius 1 is 1.05 bits per heavy atom. The second-order valence-electron chi connectivity index (χ2n) is 4.33. The van der Waals surface area contributed by atoms with E-state index < -0.39 is 0 Å². The van der Waals surface area contributed by atoms with E-state index in [1.54, 1.807) is 35.0 Å². The molecule has 0 aromatic carbocycles. The van der Waals surface area contributed by atoms with Crippen molar-refractivity contribution < 1.29 is 9.59 Å². The van der Waals surface area contributed by atoms with Crippen LogP contribution >= 0.6 is 0 Å². The summed E-state index contributed by atoms with van der Waals surface area (Å²) in [6.07, 6.45) is 4.58. The van der Waals surface area contributed by atoms with E-state index in [1.165, 1.54) is 12.4 Å². The number of nitrogens with zero attached hydrogens (tertiary/aromatic N) is 3. The maximum atomic E-state index is 12.2. The fourth-order valence-corrected chi connectivity index (χ4v) is 2.01. The van der Waals surface area contributed by atoms with Crippen molar-refractivity contribution in [3.05, 3.63) is 66.2 Å². The van der Waals surface area contributed by atoms with Gasteiger partial charge in [-0.2, -0.15) is 5.10 Å². The summed E-state index contributed by atoms with van der Waals surface area (Å²) in [7, 11) is 0. The second kappa shape index (κ2) is 5.05. The summed E-state index contributed by atoms with van der Waals surface area (Å²) in [5.74, 6) is -0.535. The fourth-order valence-electron chi connectivity index (χ4n) is 2.01. The molecular weight excluding hydrogens is 254 g/mol. The largest absolute Gasteiger partial charge is 0.294 e. The Hall–Kier alpha value is -2.82. The average Bonchev–Trinajstić information content (AvgIpc) is 2.92. The van der Waals surface area contributed by atoms with Crippen molar-refractivity contribution in [1.29, 1.82) is 0 Å². The molecule has 3 rings (SSSR count). The van der Waals surface area contributed by atoms with Crippen molar-refractivity contribution in [3.8, 4) is 0 Å². The highest BCUT2D eigenvalue weighted by molar-refractivity contribution is 6.15. The van der Waals surface area contributed by atoms with Crippen LogP contribution in [0.3, 0.4) is 0 Å². The van der Waals surface area contributed by atoms with Crippen LogP contribution in [-0.4, -0.2) is 26.2 Å². The standard InChI is InChI=1S/C15H11N3O2/c19-14(9-15(20)12-5-1-3-7-16-12)11-10-17-18-8-4-2-6-13(11)18/h1-8,10H,9H2. The summed E-state index contributed by atoms with van der Waals surface area (Å²) < 4.78 is 1.61. The van der Waals surface area contributed by atoms with Gasteiger partial charge in [0, 0.05) is 12.4 Å². The lowest BCUT2D eigenvalue weighted by Crippen LogP contribution is -2.09. The topological polar surface area (TPSA) is 64.3 Å². The second-order valence-corrected chi connectivity index (χ2v) is 4.33. The van der Waals surface area contributed by atoms with Gasteiger partial charge in [-0.25, -0.2) is 4.52 Å². The zero-order valence-corrected chi connectivity index (χ0v) is 10.6. The lowest BCUT2D eigenvalue weighted by Gasteiger charge is -1.99. The van der Waals surface area contributed by atoms with E-state index in [-0.39, 0.29) is 18.0 Å². The van der Waals surface area contributed by atoms with Crippen LogP contribution in [0.1, 0.15) is 27.3 Å². The van der Waals surface area contributed by atoms with Crippen molar-refractivity contribution in [1.82, 2.24) is 14.6 Å². The molecule has 0 unspecified atom stereocenters.